The van der Waals surface area contributed by atoms with Gasteiger partial charge in [-0.1, -0.05) is 25.1 Å². The number of nitrogens with one attached hydrogen (secondary N) is 1. The molecule has 4 rings (SSSR count). The van der Waals surface area contributed by atoms with Crippen LogP contribution in [-0.4, -0.2) is 40.2 Å². The molecule has 0 amide bonds. The van der Waals surface area contributed by atoms with E-state index in [-0.39, 0.29) is 0 Å². The minimum atomic E-state index is -0.469. The summed E-state index contributed by atoms with van der Waals surface area (Å²) in [7, 11) is 0. The summed E-state index contributed by atoms with van der Waals surface area (Å²) in [5, 5.41) is 12.2. The fraction of sp³-hybridized carbons (Fsp3) is 0.579. The van der Waals surface area contributed by atoms with Crippen LogP contribution in [0.5, 0.6) is 0 Å². The van der Waals surface area contributed by atoms with E-state index >= 15 is 0 Å². The van der Waals surface area contributed by atoms with E-state index in [1.165, 1.54) is 28.6 Å². The van der Waals surface area contributed by atoms with Crippen molar-refractivity contribution < 1.29 is 5.11 Å². The number of aliphatic hydroxyl groups is 1. The van der Waals surface area contributed by atoms with Crippen molar-refractivity contribution in [2.75, 3.05) is 19.6 Å². The van der Waals surface area contributed by atoms with Gasteiger partial charge in [0.05, 0.1) is 5.60 Å². The van der Waals surface area contributed by atoms with Crippen molar-refractivity contribution in [3.8, 4) is 0 Å². The Kier molecular flexibility index (Phi) is 3.50. The summed E-state index contributed by atoms with van der Waals surface area (Å²) in [4.78, 5) is 6.14. The Bertz CT molecular complexity index is 677. The first kappa shape index (κ1) is 14.3. The maximum absolute atomic E-state index is 10.8. The van der Waals surface area contributed by atoms with Gasteiger partial charge in [-0.05, 0) is 49.7 Å². The Hall–Kier alpha value is -1.32. The summed E-state index contributed by atoms with van der Waals surface area (Å²) in [5.74, 6) is 0.621. The number of aromatic amines is 1. The van der Waals surface area contributed by atoms with Crippen LogP contribution in [0.2, 0.25) is 0 Å². The van der Waals surface area contributed by atoms with Crippen LogP contribution in [-0.2, 0) is 12.8 Å². The number of H-pyrrole nitrogens is 1. The Morgan fingerprint density at radius 1 is 1.32 bits per heavy atom. The molecule has 3 atom stereocenters. The van der Waals surface area contributed by atoms with Gasteiger partial charge in [0.2, 0.25) is 0 Å². The molecule has 1 fully saturated rings. The lowest BCUT2D eigenvalue weighted by Crippen LogP contribution is -2.51. The standard InChI is InChI=1S/C19H26N2O/c1-2-19(22)11-14-7-8-18-16(9-10-21(12-14)13-19)15-5-3-4-6-17(15)20-18/h3-6,14,20,22H,2,7-13H2,1H3/t14-,19+/m0/s1. The van der Waals surface area contributed by atoms with Crippen LogP contribution < -0.4 is 0 Å². The van der Waals surface area contributed by atoms with E-state index < -0.39 is 5.60 Å². The molecular formula is C19H26N2O. The molecule has 2 bridgehead atoms. The first-order valence-electron chi connectivity index (χ1n) is 8.70. The second kappa shape index (κ2) is 5.39. The number of hydrogen-bond acceptors (Lipinski definition) is 2. The van der Waals surface area contributed by atoms with Crippen LogP contribution in [0.4, 0.5) is 0 Å². The van der Waals surface area contributed by atoms with E-state index in [0.29, 0.717) is 5.92 Å². The molecule has 2 aliphatic rings. The molecule has 0 saturated carbocycles. The zero-order valence-corrected chi connectivity index (χ0v) is 13.4. The average Bonchev–Trinajstić information content (AvgIpc) is 2.89. The zero-order valence-electron chi connectivity index (χ0n) is 13.4. The Morgan fingerprint density at radius 2 is 2.18 bits per heavy atom. The highest BCUT2D eigenvalue weighted by atomic mass is 16.3. The van der Waals surface area contributed by atoms with Crippen molar-refractivity contribution in [1.82, 2.24) is 9.88 Å². The van der Waals surface area contributed by atoms with Crippen molar-refractivity contribution in [2.24, 2.45) is 5.92 Å². The number of nitrogens with zero attached hydrogens (tertiary/aromatic N) is 1. The van der Waals surface area contributed by atoms with Crippen LogP contribution >= 0.6 is 0 Å². The number of rotatable bonds is 1. The van der Waals surface area contributed by atoms with E-state index in [1.807, 2.05) is 0 Å². The maximum Gasteiger partial charge on any atom is 0.0774 e. The van der Waals surface area contributed by atoms with E-state index in [2.05, 4.69) is 41.1 Å². The molecule has 0 spiro atoms. The number of fused-ring (bicyclic) bond motifs is 5. The molecule has 0 aliphatic carbocycles. The Morgan fingerprint density at radius 3 is 3.05 bits per heavy atom. The number of piperidine rings is 1. The lowest BCUT2D eigenvalue weighted by molar-refractivity contribution is -0.0557. The highest BCUT2D eigenvalue weighted by molar-refractivity contribution is 5.84. The SMILES string of the molecule is CC[C@@]1(O)C[C@@H]2CCc3[nH]c4ccccc4c3CCN(C2)C1. The number of para-hydroxylation sites is 1. The maximum atomic E-state index is 10.8. The topological polar surface area (TPSA) is 39.3 Å². The van der Waals surface area contributed by atoms with Crippen molar-refractivity contribution in [3.63, 3.8) is 0 Å². The molecule has 3 nitrogen and oxygen atoms in total. The van der Waals surface area contributed by atoms with Gasteiger partial charge in [-0.15, -0.1) is 0 Å². The number of hydrogen-bond donors (Lipinski definition) is 2. The van der Waals surface area contributed by atoms with Crippen LogP contribution in [0.3, 0.4) is 0 Å². The van der Waals surface area contributed by atoms with Gasteiger partial charge in [0.25, 0.3) is 0 Å². The molecule has 2 aromatic rings. The van der Waals surface area contributed by atoms with E-state index in [0.717, 1.165) is 45.3 Å². The molecule has 1 aromatic heterocycles. The van der Waals surface area contributed by atoms with Gasteiger partial charge in [-0.3, -0.25) is 4.90 Å². The minimum absolute atomic E-state index is 0.469. The Balaban J connectivity index is 1.67. The van der Waals surface area contributed by atoms with Crippen LogP contribution in [0, 0.1) is 5.92 Å². The minimum Gasteiger partial charge on any atom is -0.389 e. The summed E-state index contributed by atoms with van der Waals surface area (Å²) in [5.41, 5.74) is 3.74. The van der Waals surface area contributed by atoms with Gasteiger partial charge in [0, 0.05) is 36.2 Å². The van der Waals surface area contributed by atoms with Gasteiger partial charge in [0.15, 0.2) is 0 Å². The highest BCUT2D eigenvalue weighted by Crippen LogP contribution is 2.34. The molecule has 0 radical (unpaired) electrons. The van der Waals surface area contributed by atoms with Crippen molar-refractivity contribution in [2.45, 2.75) is 44.6 Å². The fourth-order valence-electron chi connectivity index (χ4n) is 4.51. The van der Waals surface area contributed by atoms with Gasteiger partial charge in [0.1, 0.15) is 0 Å². The normalized spacial score (nSPS) is 32.1. The van der Waals surface area contributed by atoms with Crippen LogP contribution in [0.1, 0.15) is 37.4 Å². The summed E-state index contributed by atoms with van der Waals surface area (Å²) in [6.45, 7) is 5.19. The predicted molar refractivity (Wildman–Crippen MR) is 90.1 cm³/mol. The molecule has 1 unspecified atom stereocenters. The van der Waals surface area contributed by atoms with Gasteiger partial charge in [-0.2, -0.15) is 0 Å². The zero-order chi connectivity index (χ0) is 15.2. The molecule has 1 saturated heterocycles. The lowest BCUT2D eigenvalue weighted by Gasteiger charge is -2.42. The van der Waals surface area contributed by atoms with Crippen molar-refractivity contribution in [1.29, 1.82) is 0 Å². The average molecular weight is 298 g/mol. The molecule has 22 heavy (non-hydrogen) atoms. The number of benzene rings is 1. The van der Waals surface area contributed by atoms with Gasteiger partial charge >= 0.3 is 0 Å². The van der Waals surface area contributed by atoms with Crippen molar-refractivity contribution in [3.05, 3.63) is 35.5 Å². The second-order valence-electron chi connectivity index (χ2n) is 7.30. The smallest absolute Gasteiger partial charge is 0.0774 e. The summed E-state index contributed by atoms with van der Waals surface area (Å²) >= 11 is 0. The third kappa shape index (κ3) is 2.46. The second-order valence-corrected chi connectivity index (χ2v) is 7.30. The summed E-state index contributed by atoms with van der Waals surface area (Å²) in [6.07, 6.45) is 5.22. The van der Waals surface area contributed by atoms with Crippen LogP contribution in [0.15, 0.2) is 24.3 Å². The fourth-order valence-corrected chi connectivity index (χ4v) is 4.51. The molecule has 118 valence electrons. The summed E-state index contributed by atoms with van der Waals surface area (Å²) < 4.78 is 0. The number of aryl methyl sites for hydroxylation is 1. The third-order valence-electron chi connectivity index (χ3n) is 5.74. The molecule has 2 aliphatic heterocycles. The first-order valence-corrected chi connectivity index (χ1v) is 8.70. The highest BCUT2D eigenvalue weighted by Gasteiger charge is 2.37. The van der Waals surface area contributed by atoms with Crippen molar-refractivity contribution >= 4 is 10.9 Å². The quantitative estimate of drug-likeness (QED) is 0.849. The molecule has 1 aromatic carbocycles. The van der Waals surface area contributed by atoms with E-state index in [9.17, 15) is 5.11 Å². The van der Waals surface area contributed by atoms with Crippen LogP contribution in [0.25, 0.3) is 10.9 Å². The molecule has 2 N–H and O–H groups in total. The van der Waals surface area contributed by atoms with Gasteiger partial charge < -0.3 is 10.1 Å². The monoisotopic (exact) mass is 298 g/mol. The molecule has 3 heterocycles. The predicted octanol–water partition coefficient (Wildman–Crippen LogP) is 3.12. The number of aromatic nitrogens is 1. The molecule has 3 heteroatoms. The third-order valence-corrected chi connectivity index (χ3v) is 5.74. The van der Waals surface area contributed by atoms with E-state index in [1.54, 1.807) is 0 Å². The summed E-state index contributed by atoms with van der Waals surface area (Å²) in [6, 6.07) is 8.67. The van der Waals surface area contributed by atoms with E-state index in [4.69, 9.17) is 0 Å². The first-order chi connectivity index (χ1) is 10.7. The lowest BCUT2D eigenvalue weighted by atomic mass is 9.81. The molecular weight excluding hydrogens is 272 g/mol. The largest absolute Gasteiger partial charge is 0.389 e. The van der Waals surface area contributed by atoms with Gasteiger partial charge in [-0.25, -0.2) is 0 Å². The Labute approximate surface area is 132 Å².